The lowest BCUT2D eigenvalue weighted by atomic mass is 9.94. The van der Waals surface area contributed by atoms with Gasteiger partial charge >= 0.3 is 11.9 Å². The number of nitrogens with zero attached hydrogens (tertiary/aromatic N) is 1. The number of hydrogen-bond donors (Lipinski definition) is 2. The molecule has 0 bridgehead atoms. The molecule has 2 N–H and O–H groups in total. The number of rotatable bonds is 18. The van der Waals surface area contributed by atoms with Crippen LogP contribution in [0.5, 0.6) is 11.5 Å². The van der Waals surface area contributed by atoms with Gasteiger partial charge in [-0.25, -0.2) is 4.79 Å². The summed E-state index contributed by atoms with van der Waals surface area (Å²) in [4.78, 5) is 51.9. The molecule has 10 nitrogen and oxygen atoms in total. The fraction of sp³-hybridized carbons (Fsp3) is 0.350. The van der Waals surface area contributed by atoms with Crippen LogP contribution < -0.4 is 14.8 Å². The van der Waals surface area contributed by atoms with Gasteiger partial charge < -0.3 is 29.5 Å². The van der Waals surface area contributed by atoms with E-state index in [0.717, 1.165) is 24.0 Å². The number of benzene rings is 3. The second-order valence-electron chi connectivity index (χ2n) is 12.3. The van der Waals surface area contributed by atoms with Gasteiger partial charge in [0.2, 0.25) is 5.91 Å². The second kappa shape index (κ2) is 19.0. The maximum atomic E-state index is 13.4. The van der Waals surface area contributed by atoms with Gasteiger partial charge in [-0.15, -0.1) is 0 Å². The number of methoxy groups -OCH3 is 1. The number of anilines is 1. The van der Waals surface area contributed by atoms with Crippen LogP contribution in [0.3, 0.4) is 0 Å². The lowest BCUT2D eigenvalue weighted by molar-refractivity contribution is -0.137. The van der Waals surface area contributed by atoms with Crippen molar-refractivity contribution in [3.05, 3.63) is 113 Å². The van der Waals surface area contributed by atoms with Crippen LogP contribution in [0.15, 0.2) is 96.6 Å². The molecule has 0 aliphatic heterocycles. The van der Waals surface area contributed by atoms with Crippen molar-refractivity contribution in [3.8, 4) is 11.5 Å². The summed E-state index contributed by atoms with van der Waals surface area (Å²) in [6, 6.07) is 20.5. The molecule has 2 amide bonds. The maximum absolute atomic E-state index is 13.4. The zero-order chi connectivity index (χ0) is 35.9. The van der Waals surface area contributed by atoms with Gasteiger partial charge in [0.25, 0.3) is 5.91 Å². The van der Waals surface area contributed by atoms with Crippen molar-refractivity contribution in [2.75, 3.05) is 32.1 Å². The predicted octanol–water partition coefficient (Wildman–Crippen LogP) is 7.11. The normalized spacial score (nSPS) is 15.1. The number of carbonyl (C=O) groups is 4. The van der Waals surface area contributed by atoms with Crippen molar-refractivity contribution in [2.45, 2.75) is 58.5 Å². The summed E-state index contributed by atoms with van der Waals surface area (Å²) in [5.41, 5.74) is 2.65. The number of carboxylic acids is 1. The minimum absolute atomic E-state index is 0.0457. The quantitative estimate of drug-likeness (QED) is 0.107. The summed E-state index contributed by atoms with van der Waals surface area (Å²) in [5, 5.41) is 12.4. The molecule has 0 aromatic heterocycles. The van der Waals surface area contributed by atoms with Gasteiger partial charge in [-0.05, 0) is 72.7 Å². The first-order chi connectivity index (χ1) is 24.2. The highest BCUT2D eigenvalue weighted by Gasteiger charge is 2.25. The van der Waals surface area contributed by atoms with Crippen molar-refractivity contribution in [1.29, 1.82) is 0 Å². The second-order valence-corrected chi connectivity index (χ2v) is 12.3. The minimum atomic E-state index is -1.15. The molecule has 10 heteroatoms. The van der Waals surface area contributed by atoms with Crippen molar-refractivity contribution in [1.82, 2.24) is 4.90 Å². The van der Waals surface area contributed by atoms with Crippen LogP contribution in [0.2, 0.25) is 0 Å². The van der Waals surface area contributed by atoms with Gasteiger partial charge in [0.1, 0.15) is 24.1 Å². The average molecular weight is 683 g/mol. The van der Waals surface area contributed by atoms with E-state index in [4.69, 9.17) is 14.2 Å². The number of carbonyl (C=O) groups excluding carboxylic acids is 3. The van der Waals surface area contributed by atoms with E-state index in [1.165, 1.54) is 24.2 Å². The number of amides is 2. The molecule has 2 unspecified atom stereocenters. The number of hydrogen-bond acceptors (Lipinski definition) is 7. The highest BCUT2D eigenvalue weighted by Crippen LogP contribution is 2.24. The van der Waals surface area contributed by atoms with Crippen LogP contribution in [-0.2, 0) is 20.7 Å². The lowest BCUT2D eigenvalue weighted by Gasteiger charge is -2.26. The zero-order valence-electron chi connectivity index (χ0n) is 28.9. The van der Waals surface area contributed by atoms with Crippen LogP contribution in [0.1, 0.15) is 72.2 Å². The number of para-hydroxylation sites is 1. The van der Waals surface area contributed by atoms with Crippen molar-refractivity contribution < 1.29 is 38.5 Å². The smallest absolute Gasteiger partial charge is 0.338 e. The molecular weight excluding hydrogens is 636 g/mol. The summed E-state index contributed by atoms with van der Waals surface area (Å²) in [6.07, 6.45) is 10.7. The van der Waals surface area contributed by atoms with Crippen LogP contribution in [0.4, 0.5) is 5.69 Å². The van der Waals surface area contributed by atoms with Crippen LogP contribution in [0, 0.1) is 5.92 Å². The van der Waals surface area contributed by atoms with Gasteiger partial charge in [-0.3, -0.25) is 14.4 Å². The molecule has 3 aromatic rings. The summed E-state index contributed by atoms with van der Waals surface area (Å²) in [7, 11) is 1.55. The van der Waals surface area contributed by atoms with Gasteiger partial charge in [-0.1, -0.05) is 69.9 Å². The highest BCUT2D eigenvalue weighted by atomic mass is 16.5. The first-order valence-electron chi connectivity index (χ1n) is 17.0. The van der Waals surface area contributed by atoms with Gasteiger partial charge in [0.05, 0.1) is 25.7 Å². The monoisotopic (exact) mass is 682 g/mol. The van der Waals surface area contributed by atoms with E-state index >= 15 is 0 Å². The summed E-state index contributed by atoms with van der Waals surface area (Å²) < 4.78 is 16.9. The summed E-state index contributed by atoms with van der Waals surface area (Å²) in [6.45, 7) is 4.25. The van der Waals surface area contributed by atoms with Crippen molar-refractivity contribution >= 4 is 29.4 Å². The third kappa shape index (κ3) is 11.4. The Kier molecular flexibility index (Phi) is 14.2. The highest BCUT2D eigenvalue weighted by molar-refractivity contribution is 5.97. The van der Waals surface area contributed by atoms with E-state index in [1.54, 1.807) is 73.9 Å². The average Bonchev–Trinajstić information content (AvgIpc) is 3.11. The Morgan fingerprint density at radius 3 is 2.26 bits per heavy atom. The number of carboxylic acid groups (broad SMARTS) is 1. The fourth-order valence-corrected chi connectivity index (χ4v) is 5.60. The van der Waals surface area contributed by atoms with Crippen LogP contribution in [0.25, 0.3) is 0 Å². The molecule has 0 radical (unpaired) electrons. The topological polar surface area (TPSA) is 131 Å². The van der Waals surface area contributed by atoms with Crippen molar-refractivity contribution in [2.24, 2.45) is 5.92 Å². The molecular formula is C40H46N2O8. The first kappa shape index (κ1) is 37.4. The van der Waals surface area contributed by atoms with Gasteiger partial charge in [0, 0.05) is 29.3 Å². The minimum Gasteiger partial charge on any atom is -0.496 e. The Balaban J connectivity index is 1.30. The van der Waals surface area contributed by atoms with Gasteiger partial charge in [0.15, 0.2) is 0 Å². The maximum Gasteiger partial charge on any atom is 0.338 e. The molecule has 0 heterocycles. The predicted molar refractivity (Wildman–Crippen MR) is 192 cm³/mol. The number of aliphatic carboxylic acids is 1. The molecule has 3 aromatic carbocycles. The molecule has 0 fully saturated rings. The number of unbranched alkanes of at least 4 members (excludes halogenated alkanes) is 4. The number of nitrogens with one attached hydrogen (secondary N) is 1. The molecule has 1 aliphatic rings. The largest absolute Gasteiger partial charge is 0.496 e. The van der Waals surface area contributed by atoms with Crippen molar-refractivity contribution in [3.63, 3.8) is 0 Å². The van der Waals surface area contributed by atoms with E-state index < -0.39 is 30.5 Å². The van der Waals surface area contributed by atoms with E-state index in [9.17, 15) is 24.3 Å². The number of esters is 1. The first-order valence-corrected chi connectivity index (χ1v) is 17.0. The van der Waals surface area contributed by atoms with E-state index in [2.05, 4.69) is 12.2 Å². The Morgan fingerprint density at radius 1 is 0.880 bits per heavy atom. The van der Waals surface area contributed by atoms with E-state index in [0.29, 0.717) is 29.4 Å². The Bertz CT molecular complexity index is 1660. The molecule has 264 valence electrons. The molecule has 0 saturated carbocycles. The Labute approximate surface area is 293 Å². The summed E-state index contributed by atoms with van der Waals surface area (Å²) in [5.74, 6) is -1.22. The molecule has 2 atom stereocenters. The van der Waals surface area contributed by atoms with Gasteiger partial charge in [-0.2, -0.15) is 0 Å². The van der Waals surface area contributed by atoms with Crippen LogP contribution in [-0.4, -0.2) is 66.7 Å². The molecule has 0 saturated heterocycles. The Hall–Kier alpha value is -5.38. The molecule has 0 spiro atoms. The SMILES string of the molecule is CCCCCCCOc1ccc(C(=O)OC2C=CC(CN(CC(=O)O)C(=O)c3ccc(NC(=O)Cc4ccccc4OC)cc3)=CC2C)cc1. The third-order valence-corrected chi connectivity index (χ3v) is 8.29. The van der Waals surface area contributed by atoms with E-state index in [-0.39, 0.29) is 30.4 Å². The summed E-state index contributed by atoms with van der Waals surface area (Å²) >= 11 is 0. The van der Waals surface area contributed by atoms with Crippen LogP contribution >= 0.6 is 0 Å². The molecule has 1 aliphatic carbocycles. The number of ether oxygens (including phenoxy) is 3. The lowest BCUT2D eigenvalue weighted by Crippen LogP contribution is -2.37. The standard InChI is InChI=1S/C40H46N2O8/c1-4-5-6-7-10-23-49-34-20-16-31(17-21-34)40(47)50-35-22-13-29(24-28(35)2)26-42(27-38(44)45)39(46)30-14-18-33(19-15-30)41-37(43)25-32-11-8-9-12-36(32)48-3/h8-9,11-22,24,28,35H,4-7,10,23,25-27H2,1-3H3,(H,41,43)(H,44,45). The zero-order valence-corrected chi connectivity index (χ0v) is 28.9. The Morgan fingerprint density at radius 2 is 1.58 bits per heavy atom. The third-order valence-electron chi connectivity index (χ3n) is 8.29. The van der Waals surface area contributed by atoms with E-state index in [1.807, 2.05) is 31.2 Å². The fourth-order valence-electron chi connectivity index (χ4n) is 5.60. The molecule has 50 heavy (non-hydrogen) atoms. The molecule has 4 rings (SSSR count).